The van der Waals surface area contributed by atoms with Crippen molar-refractivity contribution >= 4 is 5.97 Å². The Hall–Kier alpha value is -0.790. The zero-order valence-electron chi connectivity index (χ0n) is 6.59. The first-order valence-electron chi connectivity index (χ1n) is 3.64. The third-order valence-electron chi connectivity index (χ3n) is 0.996. The van der Waals surface area contributed by atoms with Crippen LogP contribution in [0.3, 0.4) is 0 Å². The summed E-state index contributed by atoms with van der Waals surface area (Å²) in [6, 6.07) is 0. The summed E-state index contributed by atoms with van der Waals surface area (Å²) in [6.45, 7) is 4.32. The molecule has 0 saturated heterocycles. The van der Waals surface area contributed by atoms with Gasteiger partial charge in [-0.3, -0.25) is 0 Å². The van der Waals surface area contributed by atoms with Crippen LogP contribution in [0.2, 0.25) is 0 Å². The van der Waals surface area contributed by atoms with Crippen LogP contribution in [0.5, 0.6) is 0 Å². The second kappa shape index (κ2) is 6.33. The highest BCUT2D eigenvalue weighted by Crippen LogP contribution is 1.89. The molecule has 0 N–H and O–H groups in total. The molecule has 0 fully saturated rings. The molecule has 0 aliphatic heterocycles. The summed E-state index contributed by atoms with van der Waals surface area (Å²) >= 11 is 0. The zero-order valence-corrected chi connectivity index (χ0v) is 6.59. The SMILES string of the molecule is CCC/C=C\C(=O)OCC. The minimum Gasteiger partial charge on any atom is -0.463 e. The molecule has 0 unspecified atom stereocenters. The molecule has 0 rings (SSSR count). The summed E-state index contributed by atoms with van der Waals surface area (Å²) in [7, 11) is 0. The van der Waals surface area contributed by atoms with E-state index < -0.39 is 0 Å². The van der Waals surface area contributed by atoms with Gasteiger partial charge in [0.2, 0.25) is 0 Å². The van der Waals surface area contributed by atoms with Crippen molar-refractivity contribution in [2.75, 3.05) is 6.61 Å². The van der Waals surface area contributed by atoms with Gasteiger partial charge in [0.05, 0.1) is 6.61 Å². The lowest BCUT2D eigenvalue weighted by Crippen LogP contribution is -1.98. The van der Waals surface area contributed by atoms with E-state index in [-0.39, 0.29) is 5.97 Å². The second-order valence-corrected chi connectivity index (χ2v) is 1.94. The van der Waals surface area contributed by atoms with Crippen LogP contribution in [0.4, 0.5) is 0 Å². The molecule has 0 amide bonds. The van der Waals surface area contributed by atoms with Gasteiger partial charge >= 0.3 is 5.97 Å². The van der Waals surface area contributed by atoms with E-state index in [2.05, 4.69) is 11.7 Å². The topological polar surface area (TPSA) is 26.3 Å². The van der Waals surface area contributed by atoms with E-state index in [1.807, 2.05) is 6.08 Å². The number of hydrogen-bond donors (Lipinski definition) is 0. The molecule has 0 spiro atoms. The number of esters is 1. The number of unbranched alkanes of at least 4 members (excludes halogenated alkanes) is 1. The normalized spacial score (nSPS) is 10.2. The number of carbonyl (C=O) groups excluding carboxylic acids is 1. The molecular weight excluding hydrogens is 128 g/mol. The molecule has 10 heavy (non-hydrogen) atoms. The minimum atomic E-state index is -0.240. The first-order valence-corrected chi connectivity index (χ1v) is 3.64. The van der Waals surface area contributed by atoms with Gasteiger partial charge in [0.1, 0.15) is 0 Å². The maximum Gasteiger partial charge on any atom is 0.330 e. The van der Waals surface area contributed by atoms with Crippen LogP contribution in [-0.4, -0.2) is 12.6 Å². The van der Waals surface area contributed by atoms with Gasteiger partial charge < -0.3 is 4.74 Å². The smallest absolute Gasteiger partial charge is 0.330 e. The molecule has 0 aromatic heterocycles. The van der Waals surface area contributed by atoms with Crippen molar-refractivity contribution in [3.8, 4) is 0 Å². The fraction of sp³-hybridized carbons (Fsp3) is 0.625. The largest absolute Gasteiger partial charge is 0.463 e. The van der Waals surface area contributed by atoms with Crippen molar-refractivity contribution in [1.82, 2.24) is 0 Å². The van der Waals surface area contributed by atoms with Crippen molar-refractivity contribution in [1.29, 1.82) is 0 Å². The molecule has 0 radical (unpaired) electrons. The Labute approximate surface area is 61.9 Å². The van der Waals surface area contributed by atoms with Gasteiger partial charge in [-0.15, -0.1) is 0 Å². The summed E-state index contributed by atoms with van der Waals surface area (Å²) in [5.74, 6) is -0.240. The molecule has 2 heteroatoms. The molecule has 0 saturated carbocycles. The average Bonchev–Trinajstić information content (AvgIpc) is 1.89. The van der Waals surface area contributed by atoms with E-state index in [9.17, 15) is 4.79 Å². The minimum absolute atomic E-state index is 0.240. The van der Waals surface area contributed by atoms with Crippen molar-refractivity contribution in [3.63, 3.8) is 0 Å². The Kier molecular flexibility index (Phi) is 5.83. The first-order chi connectivity index (χ1) is 4.81. The number of allylic oxidation sites excluding steroid dienone is 1. The van der Waals surface area contributed by atoms with Crippen molar-refractivity contribution in [3.05, 3.63) is 12.2 Å². The van der Waals surface area contributed by atoms with E-state index in [0.29, 0.717) is 6.61 Å². The Morgan fingerprint density at radius 3 is 2.70 bits per heavy atom. The summed E-state index contributed by atoms with van der Waals surface area (Å²) in [4.78, 5) is 10.6. The van der Waals surface area contributed by atoms with E-state index in [4.69, 9.17) is 0 Å². The molecule has 0 aromatic carbocycles. The van der Waals surface area contributed by atoms with E-state index >= 15 is 0 Å². The van der Waals surface area contributed by atoms with Gasteiger partial charge in [-0.05, 0) is 13.3 Å². The van der Waals surface area contributed by atoms with Gasteiger partial charge in [0.15, 0.2) is 0 Å². The fourth-order valence-electron chi connectivity index (χ4n) is 0.537. The van der Waals surface area contributed by atoms with Crippen LogP contribution < -0.4 is 0 Å². The van der Waals surface area contributed by atoms with E-state index in [1.54, 1.807) is 6.92 Å². The lowest BCUT2D eigenvalue weighted by Gasteiger charge is -1.93. The average molecular weight is 142 g/mol. The number of hydrogen-bond acceptors (Lipinski definition) is 2. The predicted molar refractivity (Wildman–Crippen MR) is 40.7 cm³/mol. The summed E-state index contributed by atoms with van der Waals surface area (Å²) in [5, 5.41) is 0. The second-order valence-electron chi connectivity index (χ2n) is 1.94. The number of ether oxygens (including phenoxy) is 1. The lowest BCUT2D eigenvalue weighted by atomic mass is 10.3. The highest BCUT2D eigenvalue weighted by molar-refractivity contribution is 5.81. The van der Waals surface area contributed by atoms with Crippen LogP contribution in [0.1, 0.15) is 26.7 Å². The molecule has 0 heterocycles. The Balaban J connectivity index is 3.36. The van der Waals surface area contributed by atoms with Crippen LogP contribution in [0.25, 0.3) is 0 Å². The molecule has 0 aliphatic rings. The highest BCUT2D eigenvalue weighted by Gasteiger charge is 1.90. The Morgan fingerprint density at radius 1 is 1.50 bits per heavy atom. The molecule has 0 aliphatic carbocycles. The number of carbonyl (C=O) groups is 1. The van der Waals surface area contributed by atoms with Crippen LogP contribution in [-0.2, 0) is 9.53 Å². The van der Waals surface area contributed by atoms with Gasteiger partial charge in [0, 0.05) is 6.08 Å². The third kappa shape index (κ3) is 5.35. The first kappa shape index (κ1) is 9.21. The zero-order chi connectivity index (χ0) is 7.82. The number of rotatable bonds is 4. The summed E-state index contributed by atoms with van der Waals surface area (Å²) in [5.41, 5.74) is 0. The molecule has 0 atom stereocenters. The molecule has 58 valence electrons. The molecule has 2 nitrogen and oxygen atoms in total. The Bertz CT molecular complexity index is 116. The maximum absolute atomic E-state index is 10.6. The quantitative estimate of drug-likeness (QED) is 0.442. The summed E-state index contributed by atoms with van der Waals surface area (Å²) < 4.78 is 4.66. The highest BCUT2D eigenvalue weighted by atomic mass is 16.5. The van der Waals surface area contributed by atoms with Gasteiger partial charge in [0.25, 0.3) is 0 Å². The molecular formula is C8H14O2. The lowest BCUT2D eigenvalue weighted by molar-refractivity contribution is -0.137. The third-order valence-corrected chi connectivity index (χ3v) is 0.996. The molecule has 0 aromatic rings. The van der Waals surface area contributed by atoms with Crippen molar-refractivity contribution in [2.24, 2.45) is 0 Å². The van der Waals surface area contributed by atoms with Gasteiger partial charge in [-0.25, -0.2) is 4.79 Å². The van der Waals surface area contributed by atoms with Crippen LogP contribution in [0, 0.1) is 0 Å². The van der Waals surface area contributed by atoms with E-state index in [0.717, 1.165) is 12.8 Å². The van der Waals surface area contributed by atoms with Gasteiger partial charge in [-0.1, -0.05) is 19.4 Å². The Morgan fingerprint density at radius 2 is 2.20 bits per heavy atom. The monoisotopic (exact) mass is 142 g/mol. The van der Waals surface area contributed by atoms with Gasteiger partial charge in [-0.2, -0.15) is 0 Å². The van der Waals surface area contributed by atoms with Crippen LogP contribution in [0.15, 0.2) is 12.2 Å². The molecule has 0 bridgehead atoms. The van der Waals surface area contributed by atoms with E-state index in [1.165, 1.54) is 6.08 Å². The van der Waals surface area contributed by atoms with Crippen LogP contribution >= 0.6 is 0 Å². The fourth-order valence-corrected chi connectivity index (χ4v) is 0.537. The maximum atomic E-state index is 10.6. The van der Waals surface area contributed by atoms with Crippen molar-refractivity contribution < 1.29 is 9.53 Å². The summed E-state index contributed by atoms with van der Waals surface area (Å²) in [6.07, 6.45) is 5.32. The standard InChI is InChI=1S/C8H14O2/c1-3-5-6-7-8(9)10-4-2/h6-7H,3-5H2,1-2H3/b7-6-. The van der Waals surface area contributed by atoms with Crippen molar-refractivity contribution in [2.45, 2.75) is 26.7 Å². The predicted octanol–water partition coefficient (Wildman–Crippen LogP) is 1.91.